The smallest absolute Gasteiger partial charge is 0.213 e. The van der Waals surface area contributed by atoms with Crippen LogP contribution in [0.25, 0.3) is 0 Å². The monoisotopic (exact) mass is 173 g/mol. The van der Waals surface area contributed by atoms with Crippen LogP contribution in [0.2, 0.25) is 0 Å². The molecule has 4 N–H and O–H groups in total. The molecule has 0 aromatic rings. The Morgan fingerprint density at radius 1 is 1.83 bits per heavy atom. The van der Waals surface area contributed by atoms with Gasteiger partial charge >= 0.3 is 0 Å². The maximum Gasteiger partial charge on any atom is 0.213 e. The highest BCUT2D eigenvalue weighted by molar-refractivity contribution is 5.76. The first-order valence-electron chi connectivity index (χ1n) is 4.09. The minimum Gasteiger partial charge on any atom is -0.376 e. The summed E-state index contributed by atoms with van der Waals surface area (Å²) in [6.07, 6.45) is 2.25. The Balaban J connectivity index is 2.40. The summed E-state index contributed by atoms with van der Waals surface area (Å²) in [6.45, 7) is 2.72. The summed E-state index contributed by atoms with van der Waals surface area (Å²) in [6, 6.07) is 0.00662. The van der Waals surface area contributed by atoms with Gasteiger partial charge in [-0.1, -0.05) is 0 Å². The molecule has 1 saturated heterocycles. The Morgan fingerprint density at radius 3 is 3.08 bits per heavy atom. The molecule has 0 spiro atoms. The van der Waals surface area contributed by atoms with Crippen molar-refractivity contribution in [3.05, 3.63) is 0 Å². The third-order valence-electron chi connectivity index (χ3n) is 1.96. The van der Waals surface area contributed by atoms with Gasteiger partial charge in [0.05, 0.1) is 12.1 Å². The number of nitrogens with one attached hydrogen (secondary N) is 1. The van der Waals surface area contributed by atoms with Gasteiger partial charge in [-0.05, 0) is 19.8 Å². The average Bonchev–Trinajstić information content (AvgIpc) is 2.56. The van der Waals surface area contributed by atoms with E-state index in [0.29, 0.717) is 0 Å². The summed E-state index contributed by atoms with van der Waals surface area (Å²) < 4.78 is 5.39. The molecule has 5 nitrogen and oxygen atoms in total. The van der Waals surface area contributed by atoms with Gasteiger partial charge < -0.3 is 10.5 Å². The maximum absolute atomic E-state index is 8.38. The van der Waals surface area contributed by atoms with E-state index in [2.05, 4.69) is 4.99 Å². The molecule has 0 radical (unpaired) electrons. The number of hydrogen-bond donors (Lipinski definition) is 3. The largest absolute Gasteiger partial charge is 0.376 e. The molecule has 0 bridgehead atoms. The SMILES string of the molecule is CC(N=C(N)NO)C1CCCO1. The lowest BCUT2D eigenvalue weighted by Crippen LogP contribution is -2.32. The fourth-order valence-electron chi connectivity index (χ4n) is 1.31. The van der Waals surface area contributed by atoms with Crippen LogP contribution in [-0.2, 0) is 4.74 Å². The van der Waals surface area contributed by atoms with E-state index in [-0.39, 0.29) is 18.1 Å². The summed E-state index contributed by atoms with van der Waals surface area (Å²) in [5, 5.41) is 8.38. The van der Waals surface area contributed by atoms with Crippen LogP contribution >= 0.6 is 0 Å². The zero-order valence-corrected chi connectivity index (χ0v) is 7.16. The summed E-state index contributed by atoms with van der Waals surface area (Å²) in [7, 11) is 0. The highest BCUT2D eigenvalue weighted by atomic mass is 16.5. The second kappa shape index (κ2) is 4.27. The number of nitrogens with zero attached hydrogens (tertiary/aromatic N) is 1. The molecule has 0 saturated carbocycles. The molecule has 0 aromatic carbocycles. The van der Waals surface area contributed by atoms with Gasteiger partial charge in [0, 0.05) is 6.61 Å². The van der Waals surface area contributed by atoms with Crippen molar-refractivity contribution in [3.8, 4) is 0 Å². The quantitative estimate of drug-likeness (QED) is 0.308. The van der Waals surface area contributed by atoms with Gasteiger partial charge in [-0.15, -0.1) is 0 Å². The lowest BCUT2D eigenvalue weighted by molar-refractivity contribution is 0.0947. The fourth-order valence-corrected chi connectivity index (χ4v) is 1.31. The van der Waals surface area contributed by atoms with Crippen LogP contribution in [0.1, 0.15) is 19.8 Å². The molecule has 1 heterocycles. The Hall–Kier alpha value is -0.810. The minimum atomic E-state index is 0.00662. The Labute approximate surface area is 71.6 Å². The van der Waals surface area contributed by atoms with E-state index in [0.717, 1.165) is 19.4 Å². The first kappa shape index (κ1) is 9.28. The second-order valence-corrected chi connectivity index (χ2v) is 2.92. The number of hydroxylamine groups is 1. The lowest BCUT2D eigenvalue weighted by atomic mass is 10.1. The number of guanidine groups is 1. The van der Waals surface area contributed by atoms with E-state index in [4.69, 9.17) is 15.7 Å². The molecule has 12 heavy (non-hydrogen) atoms. The van der Waals surface area contributed by atoms with Crippen molar-refractivity contribution < 1.29 is 9.94 Å². The third-order valence-corrected chi connectivity index (χ3v) is 1.96. The summed E-state index contributed by atoms with van der Waals surface area (Å²) in [5.74, 6) is 0.0398. The van der Waals surface area contributed by atoms with Crippen LogP contribution in [0.15, 0.2) is 4.99 Å². The van der Waals surface area contributed by atoms with Crippen LogP contribution in [-0.4, -0.2) is 29.9 Å². The first-order valence-corrected chi connectivity index (χ1v) is 4.09. The zero-order valence-electron chi connectivity index (χ0n) is 7.16. The standard InChI is InChI=1S/C7H15N3O2/c1-5(9-7(8)10-11)6-3-2-4-12-6/h5-6,11H,2-4H2,1H3,(H3,8,9,10). The van der Waals surface area contributed by atoms with Crippen molar-refractivity contribution in [2.75, 3.05) is 6.61 Å². The van der Waals surface area contributed by atoms with Gasteiger partial charge in [0.1, 0.15) is 0 Å². The third kappa shape index (κ3) is 2.35. The van der Waals surface area contributed by atoms with Gasteiger partial charge in [-0.2, -0.15) is 0 Å². The van der Waals surface area contributed by atoms with Crippen molar-refractivity contribution in [2.24, 2.45) is 10.7 Å². The molecule has 1 rings (SSSR count). The predicted molar refractivity (Wildman–Crippen MR) is 45.0 cm³/mol. The van der Waals surface area contributed by atoms with E-state index >= 15 is 0 Å². The summed E-state index contributed by atoms with van der Waals surface area (Å²) in [5.41, 5.74) is 7.07. The molecule has 0 aliphatic carbocycles. The number of nitrogens with two attached hydrogens (primary N) is 1. The zero-order chi connectivity index (χ0) is 8.97. The molecule has 1 fully saturated rings. The molecule has 5 heteroatoms. The molecule has 2 unspecified atom stereocenters. The second-order valence-electron chi connectivity index (χ2n) is 2.92. The highest BCUT2D eigenvalue weighted by Crippen LogP contribution is 2.17. The van der Waals surface area contributed by atoms with E-state index < -0.39 is 0 Å². The number of aliphatic imine (C=N–C) groups is 1. The topological polar surface area (TPSA) is 79.9 Å². The Bertz CT molecular complexity index is 166. The van der Waals surface area contributed by atoms with E-state index in [9.17, 15) is 0 Å². The van der Waals surface area contributed by atoms with Gasteiger partial charge in [0.2, 0.25) is 5.96 Å². The van der Waals surface area contributed by atoms with Crippen molar-refractivity contribution in [1.29, 1.82) is 0 Å². The molecule has 1 aliphatic rings. The molecular formula is C7H15N3O2. The maximum atomic E-state index is 8.38. The lowest BCUT2D eigenvalue weighted by Gasteiger charge is -2.14. The number of ether oxygens (including phenoxy) is 1. The van der Waals surface area contributed by atoms with Crippen molar-refractivity contribution in [2.45, 2.75) is 31.9 Å². The minimum absolute atomic E-state index is 0.00662. The van der Waals surface area contributed by atoms with Gasteiger partial charge in [0.15, 0.2) is 0 Å². The Morgan fingerprint density at radius 2 is 2.58 bits per heavy atom. The van der Waals surface area contributed by atoms with Crippen LogP contribution in [0.3, 0.4) is 0 Å². The molecule has 1 aliphatic heterocycles. The molecule has 0 amide bonds. The van der Waals surface area contributed by atoms with Crippen molar-refractivity contribution >= 4 is 5.96 Å². The van der Waals surface area contributed by atoms with E-state index in [1.807, 2.05) is 6.92 Å². The molecular weight excluding hydrogens is 158 g/mol. The van der Waals surface area contributed by atoms with Crippen LogP contribution in [0.4, 0.5) is 0 Å². The summed E-state index contributed by atoms with van der Waals surface area (Å²) in [4.78, 5) is 3.99. The Kier molecular flexibility index (Phi) is 3.31. The van der Waals surface area contributed by atoms with Crippen LogP contribution < -0.4 is 11.2 Å². The molecule has 70 valence electrons. The molecule has 0 aromatic heterocycles. The first-order chi connectivity index (χ1) is 5.74. The van der Waals surface area contributed by atoms with Gasteiger partial charge in [0.25, 0.3) is 0 Å². The van der Waals surface area contributed by atoms with E-state index in [1.54, 1.807) is 5.48 Å². The average molecular weight is 173 g/mol. The van der Waals surface area contributed by atoms with Crippen molar-refractivity contribution in [3.63, 3.8) is 0 Å². The highest BCUT2D eigenvalue weighted by Gasteiger charge is 2.21. The summed E-state index contributed by atoms with van der Waals surface area (Å²) >= 11 is 0. The van der Waals surface area contributed by atoms with E-state index in [1.165, 1.54) is 0 Å². The normalized spacial score (nSPS) is 27.2. The van der Waals surface area contributed by atoms with Crippen molar-refractivity contribution in [1.82, 2.24) is 5.48 Å². The molecule has 2 atom stereocenters. The predicted octanol–water partition coefficient (Wildman–Crippen LogP) is -0.153. The van der Waals surface area contributed by atoms with Gasteiger partial charge in [-0.3, -0.25) is 5.21 Å². The van der Waals surface area contributed by atoms with Crippen LogP contribution in [0, 0.1) is 0 Å². The van der Waals surface area contributed by atoms with Crippen LogP contribution in [0.5, 0.6) is 0 Å². The fraction of sp³-hybridized carbons (Fsp3) is 0.857. The number of hydrogen-bond acceptors (Lipinski definition) is 3. The van der Waals surface area contributed by atoms with Gasteiger partial charge in [-0.25, -0.2) is 10.5 Å². The number of rotatable bonds is 2.